The summed E-state index contributed by atoms with van der Waals surface area (Å²) in [4.78, 5) is 26.9. The number of amides is 1. The van der Waals surface area contributed by atoms with E-state index in [2.05, 4.69) is 10.3 Å². The molecule has 2 heterocycles. The molecule has 2 N–H and O–H groups in total. The Kier molecular flexibility index (Phi) is 4.60. The minimum absolute atomic E-state index is 0.0887. The van der Waals surface area contributed by atoms with Crippen LogP contribution in [0.15, 0.2) is 12.1 Å². The summed E-state index contributed by atoms with van der Waals surface area (Å²) >= 11 is 0.810. The van der Waals surface area contributed by atoms with E-state index < -0.39 is 29.8 Å². The molecule has 0 radical (unpaired) electrons. The number of alkyl halides is 3. The Hall–Kier alpha value is -2.16. The molecule has 2 aromatic rings. The topological polar surface area (TPSA) is 79.3 Å². The fourth-order valence-electron chi connectivity index (χ4n) is 2.04. The first-order valence-electron chi connectivity index (χ1n) is 6.66. The molecule has 1 amide bonds. The number of hydrogen-bond acceptors (Lipinski definition) is 4. The fraction of sp³-hybridized carbons (Fsp3) is 0.357. The van der Waals surface area contributed by atoms with Gasteiger partial charge in [0.2, 0.25) is 0 Å². The molecule has 0 aliphatic carbocycles. The summed E-state index contributed by atoms with van der Waals surface area (Å²) in [6.07, 6.45) is -4.37. The zero-order chi connectivity index (χ0) is 17.4. The maximum absolute atomic E-state index is 12.7. The van der Waals surface area contributed by atoms with Crippen molar-refractivity contribution in [1.82, 2.24) is 10.3 Å². The summed E-state index contributed by atoms with van der Waals surface area (Å²) in [5, 5.41) is 11.7. The molecule has 0 saturated heterocycles. The minimum Gasteiger partial charge on any atom is -0.480 e. The molecule has 1 atom stereocenters. The maximum Gasteiger partial charge on any atom is 0.433 e. The summed E-state index contributed by atoms with van der Waals surface area (Å²) < 4.78 is 38.1. The van der Waals surface area contributed by atoms with E-state index in [9.17, 15) is 22.8 Å². The van der Waals surface area contributed by atoms with Gasteiger partial charge in [-0.2, -0.15) is 13.2 Å². The van der Waals surface area contributed by atoms with Crippen molar-refractivity contribution in [3.05, 3.63) is 28.3 Å². The van der Waals surface area contributed by atoms with Crippen molar-refractivity contribution in [2.45, 2.75) is 32.5 Å². The standard InChI is InChI=1S/C14H13F3N2O3S/c1-3-8(13(21)22)18-11(20)10-6(2)7-4-5-9(14(15,16)17)19-12(7)23-10/h4-5,8H,3H2,1-2H3,(H,18,20)(H,21,22). The Morgan fingerprint density at radius 3 is 2.57 bits per heavy atom. The van der Waals surface area contributed by atoms with E-state index in [-0.39, 0.29) is 16.1 Å². The smallest absolute Gasteiger partial charge is 0.433 e. The fourth-order valence-corrected chi connectivity index (χ4v) is 3.12. The Morgan fingerprint density at radius 1 is 1.39 bits per heavy atom. The third-order valence-electron chi connectivity index (χ3n) is 3.31. The van der Waals surface area contributed by atoms with Gasteiger partial charge in [0.05, 0.1) is 4.88 Å². The van der Waals surface area contributed by atoms with Gasteiger partial charge in [0, 0.05) is 5.39 Å². The van der Waals surface area contributed by atoms with Crippen LogP contribution in [0.5, 0.6) is 0 Å². The first-order valence-corrected chi connectivity index (χ1v) is 7.47. The van der Waals surface area contributed by atoms with Gasteiger partial charge in [0.15, 0.2) is 0 Å². The van der Waals surface area contributed by atoms with Gasteiger partial charge in [0.25, 0.3) is 5.91 Å². The molecule has 0 saturated carbocycles. The van der Waals surface area contributed by atoms with Gasteiger partial charge in [-0.15, -0.1) is 11.3 Å². The van der Waals surface area contributed by atoms with E-state index in [1.807, 2.05) is 0 Å². The van der Waals surface area contributed by atoms with Gasteiger partial charge in [-0.3, -0.25) is 4.79 Å². The molecule has 0 aliphatic heterocycles. The van der Waals surface area contributed by atoms with E-state index in [1.54, 1.807) is 13.8 Å². The van der Waals surface area contributed by atoms with E-state index in [4.69, 9.17) is 5.11 Å². The summed E-state index contributed by atoms with van der Waals surface area (Å²) in [6.45, 7) is 3.19. The highest BCUT2D eigenvalue weighted by molar-refractivity contribution is 7.20. The molecule has 5 nitrogen and oxygen atoms in total. The number of carboxylic acid groups (broad SMARTS) is 1. The number of carboxylic acids is 1. The highest BCUT2D eigenvalue weighted by atomic mass is 32.1. The summed E-state index contributed by atoms with van der Waals surface area (Å²) in [7, 11) is 0. The minimum atomic E-state index is -4.56. The van der Waals surface area contributed by atoms with Gasteiger partial charge in [0.1, 0.15) is 16.6 Å². The lowest BCUT2D eigenvalue weighted by Crippen LogP contribution is -2.40. The summed E-state index contributed by atoms with van der Waals surface area (Å²) in [5.41, 5.74) is -0.556. The molecule has 2 rings (SSSR count). The van der Waals surface area contributed by atoms with Crippen LogP contribution >= 0.6 is 11.3 Å². The van der Waals surface area contributed by atoms with E-state index in [1.165, 1.54) is 6.07 Å². The molecule has 2 aromatic heterocycles. The van der Waals surface area contributed by atoms with Crippen LogP contribution in [0.2, 0.25) is 0 Å². The first-order chi connectivity index (χ1) is 10.6. The molecule has 9 heteroatoms. The number of nitrogens with zero attached hydrogens (tertiary/aromatic N) is 1. The number of nitrogens with one attached hydrogen (secondary N) is 1. The Bertz CT molecular complexity index is 770. The van der Waals surface area contributed by atoms with E-state index >= 15 is 0 Å². The summed E-state index contributed by atoms with van der Waals surface area (Å²) in [5.74, 6) is -1.80. The van der Waals surface area contributed by atoms with Crippen LogP contribution < -0.4 is 5.32 Å². The van der Waals surface area contributed by atoms with Crippen LogP contribution in [0.3, 0.4) is 0 Å². The van der Waals surface area contributed by atoms with Crippen molar-refractivity contribution in [2.75, 3.05) is 0 Å². The summed E-state index contributed by atoms with van der Waals surface area (Å²) in [6, 6.07) is 1.07. The van der Waals surface area contributed by atoms with Gasteiger partial charge < -0.3 is 10.4 Å². The number of hydrogen-bond donors (Lipinski definition) is 2. The van der Waals surface area contributed by atoms with Crippen molar-refractivity contribution < 1.29 is 27.9 Å². The molecule has 0 aromatic carbocycles. The second-order valence-corrected chi connectivity index (χ2v) is 5.87. The van der Waals surface area contributed by atoms with Crippen LogP contribution in [-0.2, 0) is 11.0 Å². The van der Waals surface area contributed by atoms with Crippen molar-refractivity contribution >= 4 is 33.4 Å². The number of thiophene rings is 1. The number of rotatable bonds is 4. The molecule has 124 valence electrons. The predicted molar refractivity (Wildman–Crippen MR) is 78.5 cm³/mol. The van der Waals surface area contributed by atoms with Crippen LogP contribution in [0.25, 0.3) is 10.2 Å². The highest BCUT2D eigenvalue weighted by Crippen LogP contribution is 2.34. The van der Waals surface area contributed by atoms with Crippen LogP contribution in [0.1, 0.15) is 34.3 Å². The molecule has 0 spiro atoms. The molecule has 0 bridgehead atoms. The first kappa shape index (κ1) is 17.2. The molecule has 1 unspecified atom stereocenters. The van der Waals surface area contributed by atoms with Crippen molar-refractivity contribution in [2.24, 2.45) is 0 Å². The molecule has 0 aliphatic rings. The third kappa shape index (κ3) is 3.44. The second kappa shape index (κ2) is 6.15. The Morgan fingerprint density at radius 2 is 2.04 bits per heavy atom. The number of carbonyl (C=O) groups is 2. The SMILES string of the molecule is CCC(NC(=O)c1sc2nc(C(F)(F)F)ccc2c1C)C(=O)O. The van der Waals surface area contributed by atoms with E-state index in [0.717, 1.165) is 17.4 Å². The zero-order valence-corrected chi connectivity index (χ0v) is 13.0. The largest absolute Gasteiger partial charge is 0.480 e. The van der Waals surface area contributed by atoms with Gasteiger partial charge in [-0.1, -0.05) is 6.92 Å². The van der Waals surface area contributed by atoms with Gasteiger partial charge >= 0.3 is 12.1 Å². The van der Waals surface area contributed by atoms with Crippen molar-refractivity contribution in [3.8, 4) is 0 Å². The number of carbonyl (C=O) groups excluding carboxylic acids is 1. The number of aromatic nitrogens is 1. The van der Waals surface area contributed by atoms with Crippen LogP contribution in [-0.4, -0.2) is 28.0 Å². The average molecular weight is 346 g/mol. The highest BCUT2D eigenvalue weighted by Gasteiger charge is 2.33. The number of aryl methyl sites for hydroxylation is 1. The predicted octanol–water partition coefficient (Wildman–Crippen LogP) is 3.22. The Balaban J connectivity index is 2.40. The maximum atomic E-state index is 12.7. The van der Waals surface area contributed by atoms with Crippen molar-refractivity contribution in [3.63, 3.8) is 0 Å². The van der Waals surface area contributed by atoms with Crippen LogP contribution in [0, 0.1) is 6.92 Å². The van der Waals surface area contributed by atoms with E-state index in [0.29, 0.717) is 10.9 Å². The number of aliphatic carboxylic acids is 1. The average Bonchev–Trinajstić information content (AvgIpc) is 2.80. The van der Waals surface area contributed by atoms with Crippen molar-refractivity contribution in [1.29, 1.82) is 0 Å². The normalized spacial score (nSPS) is 13.1. The van der Waals surface area contributed by atoms with Gasteiger partial charge in [-0.25, -0.2) is 9.78 Å². The lowest BCUT2D eigenvalue weighted by atomic mass is 10.1. The molecular formula is C14H13F3N2O3S. The monoisotopic (exact) mass is 346 g/mol. The molecule has 0 fully saturated rings. The second-order valence-electron chi connectivity index (χ2n) is 4.88. The lowest BCUT2D eigenvalue weighted by Gasteiger charge is -2.11. The zero-order valence-electron chi connectivity index (χ0n) is 12.2. The molecule has 23 heavy (non-hydrogen) atoms. The number of pyridine rings is 1. The molecular weight excluding hydrogens is 333 g/mol. The quantitative estimate of drug-likeness (QED) is 0.891. The lowest BCUT2D eigenvalue weighted by molar-refractivity contribution is -0.141. The van der Waals surface area contributed by atoms with Crippen LogP contribution in [0.4, 0.5) is 13.2 Å². The van der Waals surface area contributed by atoms with Gasteiger partial charge in [-0.05, 0) is 31.0 Å². The number of halogens is 3. The Labute approximate surface area is 133 Å². The third-order valence-corrected chi connectivity index (χ3v) is 4.51. The number of fused-ring (bicyclic) bond motifs is 1.